The van der Waals surface area contributed by atoms with Gasteiger partial charge in [-0.05, 0) is 29.8 Å². The summed E-state index contributed by atoms with van der Waals surface area (Å²) < 4.78 is 2.15. The summed E-state index contributed by atoms with van der Waals surface area (Å²) in [6.07, 6.45) is 1.62. The minimum absolute atomic E-state index is 0.0550. The lowest BCUT2D eigenvalue weighted by Crippen LogP contribution is -2.17. The van der Waals surface area contributed by atoms with E-state index in [0.717, 1.165) is 21.8 Å². The monoisotopic (exact) mass is 513 g/mol. The predicted molar refractivity (Wildman–Crippen MR) is 121 cm³/mol. The number of halogens is 3. The van der Waals surface area contributed by atoms with E-state index in [1.807, 2.05) is 24.3 Å². The lowest BCUT2D eigenvalue weighted by molar-refractivity contribution is -0.113. The number of nitrogens with one attached hydrogen (secondary N) is 2. The van der Waals surface area contributed by atoms with E-state index in [2.05, 4.69) is 42.0 Å². The Morgan fingerprint density at radius 2 is 2.07 bits per heavy atom. The highest BCUT2D eigenvalue weighted by Crippen LogP contribution is 2.29. The Labute approximate surface area is 189 Å². The second-order valence-electron chi connectivity index (χ2n) is 5.54. The first kappa shape index (κ1) is 21.4. The van der Waals surface area contributed by atoms with Gasteiger partial charge in [-0.3, -0.25) is 4.79 Å². The first-order chi connectivity index (χ1) is 13.9. The van der Waals surface area contributed by atoms with Gasteiger partial charge in [0.2, 0.25) is 11.1 Å². The van der Waals surface area contributed by atoms with Crippen molar-refractivity contribution in [1.82, 2.24) is 14.9 Å². The van der Waals surface area contributed by atoms with Crippen LogP contribution in [0, 0.1) is 0 Å². The maximum Gasteiger partial charge on any atom is 0.264 e. The molecular formula is C17H14BrCl2N7OS. The van der Waals surface area contributed by atoms with Crippen LogP contribution in [0.3, 0.4) is 0 Å². The van der Waals surface area contributed by atoms with Crippen LogP contribution in [0.25, 0.3) is 0 Å². The van der Waals surface area contributed by atoms with Gasteiger partial charge in [-0.2, -0.15) is 5.10 Å². The van der Waals surface area contributed by atoms with Gasteiger partial charge in [-0.15, -0.1) is 10.2 Å². The van der Waals surface area contributed by atoms with Crippen LogP contribution in [0.1, 0.15) is 5.56 Å². The fourth-order valence-corrected chi connectivity index (χ4v) is 3.54. The molecule has 1 heterocycles. The van der Waals surface area contributed by atoms with Gasteiger partial charge in [0.05, 0.1) is 27.7 Å². The number of aromatic nitrogens is 3. The molecule has 1 amide bonds. The molecule has 4 N–H and O–H groups in total. The summed E-state index contributed by atoms with van der Waals surface area (Å²) in [5.74, 6) is 5.95. The summed E-state index contributed by atoms with van der Waals surface area (Å²) in [6, 6.07) is 12.6. The summed E-state index contributed by atoms with van der Waals surface area (Å²) in [4.78, 5) is 12.1. The van der Waals surface area contributed by atoms with Crippen LogP contribution in [0.15, 0.2) is 57.2 Å². The van der Waals surface area contributed by atoms with Crippen molar-refractivity contribution < 1.29 is 4.79 Å². The highest BCUT2D eigenvalue weighted by molar-refractivity contribution is 9.10. The van der Waals surface area contributed by atoms with E-state index in [-0.39, 0.29) is 22.6 Å². The number of nitrogens with zero attached hydrogens (tertiary/aromatic N) is 4. The zero-order chi connectivity index (χ0) is 20.8. The Bertz CT molecular complexity index is 1060. The minimum Gasteiger partial charge on any atom is -0.334 e. The number of rotatable bonds is 7. The van der Waals surface area contributed by atoms with Gasteiger partial charge in [0, 0.05) is 4.47 Å². The highest BCUT2D eigenvalue weighted by Gasteiger charge is 2.13. The summed E-state index contributed by atoms with van der Waals surface area (Å²) in [6.45, 7) is 0. The third kappa shape index (κ3) is 5.86. The van der Waals surface area contributed by atoms with Crippen molar-refractivity contribution in [2.45, 2.75) is 5.16 Å². The second-order valence-corrected chi connectivity index (χ2v) is 8.18. The van der Waals surface area contributed by atoms with Crippen LogP contribution in [-0.4, -0.2) is 32.7 Å². The van der Waals surface area contributed by atoms with Gasteiger partial charge in [0.15, 0.2) is 0 Å². The van der Waals surface area contributed by atoms with Crippen LogP contribution in [-0.2, 0) is 4.79 Å². The summed E-state index contributed by atoms with van der Waals surface area (Å²) >= 11 is 16.5. The molecule has 1 aromatic heterocycles. The van der Waals surface area contributed by atoms with Crippen molar-refractivity contribution in [1.29, 1.82) is 0 Å². The van der Waals surface area contributed by atoms with Gasteiger partial charge < -0.3 is 11.2 Å². The van der Waals surface area contributed by atoms with Crippen molar-refractivity contribution in [3.05, 3.63) is 62.5 Å². The molecule has 150 valence electrons. The molecule has 29 heavy (non-hydrogen) atoms. The van der Waals surface area contributed by atoms with E-state index in [1.165, 1.54) is 4.68 Å². The van der Waals surface area contributed by atoms with Gasteiger partial charge in [0.25, 0.3) is 5.95 Å². The maximum atomic E-state index is 12.1. The van der Waals surface area contributed by atoms with Crippen molar-refractivity contribution in [3.8, 4) is 0 Å². The molecule has 3 rings (SSSR count). The molecule has 0 spiro atoms. The Balaban J connectivity index is 1.55. The lowest BCUT2D eigenvalue weighted by atomic mass is 10.2. The van der Waals surface area contributed by atoms with E-state index < -0.39 is 0 Å². The molecule has 0 atom stereocenters. The normalized spacial score (nSPS) is 11.0. The predicted octanol–water partition coefficient (Wildman–Crippen LogP) is 4.24. The molecule has 0 radical (unpaired) electrons. The van der Waals surface area contributed by atoms with E-state index >= 15 is 0 Å². The van der Waals surface area contributed by atoms with Gasteiger partial charge in [-0.1, -0.05) is 69.1 Å². The molecule has 0 bridgehead atoms. The number of carbonyl (C=O) groups excluding carboxylic acids is 1. The number of hydrogen-bond acceptors (Lipinski definition) is 7. The minimum atomic E-state index is -0.288. The average molecular weight is 515 g/mol. The molecule has 12 heteroatoms. The standard InChI is InChI=1S/C17H14BrCl2N7OS/c18-11-4-1-3-10(7-11)8-22-24-16-25-26-17(27(16)21)29-9-14(28)23-13-6-2-5-12(19)15(13)20/h1-8H,9,21H2,(H,23,28)(H,24,25)/b22-8+. The number of anilines is 2. The molecular weight excluding hydrogens is 501 g/mol. The maximum absolute atomic E-state index is 12.1. The van der Waals surface area contributed by atoms with Gasteiger partial charge >= 0.3 is 0 Å². The molecule has 0 fully saturated rings. The van der Waals surface area contributed by atoms with Crippen molar-refractivity contribution >= 4 is 74.7 Å². The molecule has 0 aliphatic carbocycles. The van der Waals surface area contributed by atoms with Crippen LogP contribution in [0.5, 0.6) is 0 Å². The Morgan fingerprint density at radius 3 is 2.86 bits per heavy atom. The molecule has 0 aliphatic rings. The van der Waals surface area contributed by atoms with Gasteiger partial charge in [0.1, 0.15) is 0 Å². The number of carbonyl (C=O) groups is 1. The quantitative estimate of drug-likeness (QED) is 0.188. The molecule has 0 saturated heterocycles. The average Bonchev–Trinajstić information content (AvgIpc) is 3.04. The zero-order valence-corrected chi connectivity index (χ0v) is 18.6. The van der Waals surface area contributed by atoms with Gasteiger partial charge in [-0.25, -0.2) is 10.1 Å². The van der Waals surface area contributed by atoms with Crippen molar-refractivity contribution in [2.75, 3.05) is 22.3 Å². The first-order valence-corrected chi connectivity index (χ1v) is 10.6. The Kier molecular flexibility index (Phi) is 7.37. The lowest BCUT2D eigenvalue weighted by Gasteiger charge is -2.07. The molecule has 2 aromatic carbocycles. The number of nitrogen functional groups attached to an aromatic ring is 1. The summed E-state index contributed by atoms with van der Waals surface area (Å²) in [5.41, 5.74) is 4.04. The molecule has 0 aliphatic heterocycles. The number of benzene rings is 2. The number of hydrazone groups is 1. The van der Waals surface area contributed by atoms with Crippen molar-refractivity contribution in [2.24, 2.45) is 5.10 Å². The number of nitrogens with two attached hydrogens (primary N) is 1. The second kappa shape index (κ2) is 9.97. The SMILES string of the molecule is Nn1c(N/N=C/c2cccc(Br)c2)nnc1SCC(=O)Nc1cccc(Cl)c1Cl. The number of thioether (sulfide) groups is 1. The third-order valence-corrected chi connectivity index (χ3v) is 5.70. The Morgan fingerprint density at radius 1 is 1.28 bits per heavy atom. The molecule has 0 saturated carbocycles. The van der Waals surface area contributed by atoms with Crippen LogP contribution in [0.2, 0.25) is 10.0 Å². The fraction of sp³-hybridized carbons (Fsp3) is 0.0588. The Hall–Kier alpha value is -2.27. The van der Waals surface area contributed by atoms with E-state index in [9.17, 15) is 4.79 Å². The van der Waals surface area contributed by atoms with Crippen LogP contribution < -0.4 is 16.6 Å². The smallest absolute Gasteiger partial charge is 0.264 e. The largest absolute Gasteiger partial charge is 0.334 e. The van der Waals surface area contributed by atoms with E-state index in [1.54, 1.807) is 24.4 Å². The zero-order valence-electron chi connectivity index (χ0n) is 14.6. The summed E-state index contributed by atoms with van der Waals surface area (Å²) in [7, 11) is 0. The molecule has 0 unspecified atom stereocenters. The third-order valence-electron chi connectivity index (χ3n) is 3.45. The highest BCUT2D eigenvalue weighted by atomic mass is 79.9. The number of hydrogen-bond donors (Lipinski definition) is 3. The van der Waals surface area contributed by atoms with E-state index in [4.69, 9.17) is 29.0 Å². The van der Waals surface area contributed by atoms with Crippen LogP contribution in [0.4, 0.5) is 11.6 Å². The fourth-order valence-electron chi connectivity index (χ4n) is 2.12. The van der Waals surface area contributed by atoms with Crippen LogP contribution >= 0.6 is 50.9 Å². The topological polar surface area (TPSA) is 110 Å². The van der Waals surface area contributed by atoms with E-state index in [0.29, 0.717) is 15.9 Å². The summed E-state index contributed by atoms with van der Waals surface area (Å²) in [5, 5.41) is 15.6. The van der Waals surface area contributed by atoms with Crippen molar-refractivity contribution in [3.63, 3.8) is 0 Å². The first-order valence-electron chi connectivity index (χ1n) is 8.06. The number of amides is 1. The molecule has 8 nitrogen and oxygen atoms in total. The molecule has 3 aromatic rings.